The smallest absolute Gasteiger partial charge is 0.165 e. The number of anilines is 1. The molecule has 8 nitrogen and oxygen atoms in total. The van der Waals surface area contributed by atoms with Gasteiger partial charge in [-0.1, -0.05) is 6.92 Å². The molecule has 0 bridgehead atoms. The van der Waals surface area contributed by atoms with Crippen LogP contribution >= 0.6 is 0 Å². The predicted octanol–water partition coefficient (Wildman–Crippen LogP) is -0.214. The molecule has 0 aliphatic carbocycles. The van der Waals surface area contributed by atoms with Gasteiger partial charge in [-0.05, 0) is 6.42 Å². The molecule has 0 aromatic carbocycles. The summed E-state index contributed by atoms with van der Waals surface area (Å²) in [5.41, 5.74) is 6.92. The molecule has 1 unspecified atom stereocenters. The molecule has 0 saturated carbocycles. The van der Waals surface area contributed by atoms with Crippen molar-refractivity contribution >= 4 is 17.0 Å². The molecule has 21 heavy (non-hydrogen) atoms. The summed E-state index contributed by atoms with van der Waals surface area (Å²) in [7, 11) is 0. The minimum Gasteiger partial charge on any atom is -0.390 e. The standard InChI is InChI=1S/C13H22N6O2/c1-2-4-21-5-3-15-6-10(20)7-19-9-18-11-12(14)16-8-17-13(11)19/h8-10,15,20H,2-7H2,1H3,(H2,14,16,17). The van der Waals surface area contributed by atoms with Crippen molar-refractivity contribution in [1.82, 2.24) is 24.8 Å². The van der Waals surface area contributed by atoms with E-state index in [1.807, 2.05) is 0 Å². The van der Waals surface area contributed by atoms with E-state index in [-0.39, 0.29) is 0 Å². The average Bonchev–Trinajstić information content (AvgIpc) is 2.87. The summed E-state index contributed by atoms with van der Waals surface area (Å²) in [6.07, 6.45) is 3.49. The summed E-state index contributed by atoms with van der Waals surface area (Å²) in [5, 5.41) is 13.2. The topological polar surface area (TPSA) is 111 Å². The zero-order valence-electron chi connectivity index (χ0n) is 12.2. The molecule has 8 heteroatoms. The first-order valence-electron chi connectivity index (χ1n) is 7.10. The highest BCUT2D eigenvalue weighted by molar-refractivity contribution is 5.81. The molecule has 0 fully saturated rings. The second-order valence-electron chi connectivity index (χ2n) is 4.80. The molecular formula is C13H22N6O2. The van der Waals surface area contributed by atoms with E-state index in [2.05, 4.69) is 27.2 Å². The van der Waals surface area contributed by atoms with Gasteiger partial charge in [0.05, 0.1) is 25.6 Å². The summed E-state index contributed by atoms with van der Waals surface area (Å²) in [4.78, 5) is 12.2. The Morgan fingerprint density at radius 1 is 1.38 bits per heavy atom. The van der Waals surface area contributed by atoms with Gasteiger partial charge in [-0.3, -0.25) is 0 Å². The Kier molecular flexibility index (Phi) is 5.85. The number of aromatic nitrogens is 4. The van der Waals surface area contributed by atoms with E-state index >= 15 is 0 Å². The number of rotatable bonds is 9. The van der Waals surface area contributed by atoms with Crippen LogP contribution in [0, 0.1) is 0 Å². The van der Waals surface area contributed by atoms with Crippen LogP contribution in [0.3, 0.4) is 0 Å². The molecule has 0 saturated heterocycles. The third kappa shape index (κ3) is 4.35. The van der Waals surface area contributed by atoms with Gasteiger partial charge in [-0.25, -0.2) is 15.0 Å². The summed E-state index contributed by atoms with van der Waals surface area (Å²) in [5.74, 6) is 0.347. The first-order valence-corrected chi connectivity index (χ1v) is 7.10. The summed E-state index contributed by atoms with van der Waals surface area (Å²) < 4.78 is 7.12. The molecular weight excluding hydrogens is 272 g/mol. The van der Waals surface area contributed by atoms with E-state index in [1.165, 1.54) is 6.33 Å². The first-order chi connectivity index (χ1) is 10.2. The van der Waals surface area contributed by atoms with Gasteiger partial charge < -0.3 is 25.5 Å². The third-order valence-corrected chi connectivity index (χ3v) is 2.99. The van der Waals surface area contributed by atoms with Gasteiger partial charge in [-0.2, -0.15) is 0 Å². The lowest BCUT2D eigenvalue weighted by Gasteiger charge is -2.13. The number of aliphatic hydroxyl groups is 1. The van der Waals surface area contributed by atoms with Crippen LogP contribution in [0.2, 0.25) is 0 Å². The molecule has 116 valence electrons. The Bertz CT molecular complexity index is 559. The van der Waals surface area contributed by atoms with Crippen molar-refractivity contribution in [2.24, 2.45) is 0 Å². The lowest BCUT2D eigenvalue weighted by molar-refractivity contribution is 0.123. The van der Waals surface area contributed by atoms with Crippen molar-refractivity contribution in [2.75, 3.05) is 32.0 Å². The van der Waals surface area contributed by atoms with Crippen molar-refractivity contribution in [3.8, 4) is 0 Å². The fourth-order valence-corrected chi connectivity index (χ4v) is 1.98. The van der Waals surface area contributed by atoms with Crippen LogP contribution in [0.4, 0.5) is 5.82 Å². The van der Waals surface area contributed by atoms with Crippen LogP contribution in [0.25, 0.3) is 11.2 Å². The number of nitrogen functional groups attached to an aromatic ring is 1. The highest BCUT2D eigenvalue weighted by Gasteiger charge is 2.11. The quantitative estimate of drug-likeness (QED) is 0.548. The maximum Gasteiger partial charge on any atom is 0.165 e. The van der Waals surface area contributed by atoms with E-state index in [0.717, 1.165) is 19.6 Å². The highest BCUT2D eigenvalue weighted by atomic mass is 16.5. The fourth-order valence-electron chi connectivity index (χ4n) is 1.98. The number of nitrogens with two attached hydrogens (primary N) is 1. The largest absolute Gasteiger partial charge is 0.390 e. The van der Waals surface area contributed by atoms with Crippen molar-refractivity contribution in [3.05, 3.63) is 12.7 Å². The number of hydrogen-bond acceptors (Lipinski definition) is 7. The van der Waals surface area contributed by atoms with E-state index in [0.29, 0.717) is 36.7 Å². The van der Waals surface area contributed by atoms with Gasteiger partial charge >= 0.3 is 0 Å². The number of aliphatic hydroxyl groups excluding tert-OH is 1. The Balaban J connectivity index is 1.79. The van der Waals surface area contributed by atoms with Gasteiger partial charge in [0.1, 0.15) is 11.8 Å². The molecule has 0 radical (unpaired) electrons. The summed E-state index contributed by atoms with van der Waals surface area (Å²) >= 11 is 0. The maximum absolute atomic E-state index is 10.0. The summed E-state index contributed by atoms with van der Waals surface area (Å²) in [6, 6.07) is 0. The molecule has 2 aromatic rings. The normalized spacial score (nSPS) is 12.9. The van der Waals surface area contributed by atoms with Crippen LogP contribution < -0.4 is 11.1 Å². The van der Waals surface area contributed by atoms with Crippen LogP contribution in [-0.4, -0.2) is 57.0 Å². The molecule has 2 rings (SSSR count). The van der Waals surface area contributed by atoms with Gasteiger partial charge in [0.15, 0.2) is 11.5 Å². The van der Waals surface area contributed by atoms with Gasteiger partial charge in [0.2, 0.25) is 0 Å². The second kappa shape index (κ2) is 7.87. The van der Waals surface area contributed by atoms with E-state index in [9.17, 15) is 5.11 Å². The van der Waals surface area contributed by atoms with E-state index < -0.39 is 6.10 Å². The van der Waals surface area contributed by atoms with Crippen molar-refractivity contribution in [2.45, 2.75) is 26.0 Å². The second-order valence-corrected chi connectivity index (χ2v) is 4.80. The van der Waals surface area contributed by atoms with Crippen LogP contribution in [-0.2, 0) is 11.3 Å². The molecule has 2 heterocycles. The van der Waals surface area contributed by atoms with Crippen LogP contribution in [0.1, 0.15) is 13.3 Å². The van der Waals surface area contributed by atoms with Gasteiger partial charge in [0, 0.05) is 19.7 Å². The SMILES string of the molecule is CCCOCCNCC(O)Cn1cnc2c(N)ncnc21. The number of hydrogen-bond donors (Lipinski definition) is 3. The van der Waals surface area contributed by atoms with Crippen LogP contribution in [0.5, 0.6) is 0 Å². The number of ether oxygens (including phenoxy) is 1. The minimum absolute atomic E-state index is 0.347. The Labute approximate surface area is 123 Å². The van der Waals surface area contributed by atoms with Crippen molar-refractivity contribution in [1.29, 1.82) is 0 Å². The molecule has 4 N–H and O–H groups in total. The Morgan fingerprint density at radius 2 is 2.24 bits per heavy atom. The fraction of sp³-hybridized carbons (Fsp3) is 0.615. The van der Waals surface area contributed by atoms with Crippen molar-refractivity contribution < 1.29 is 9.84 Å². The third-order valence-electron chi connectivity index (χ3n) is 2.99. The zero-order valence-corrected chi connectivity index (χ0v) is 12.2. The zero-order chi connectivity index (χ0) is 15.1. The van der Waals surface area contributed by atoms with Crippen LogP contribution in [0.15, 0.2) is 12.7 Å². The van der Waals surface area contributed by atoms with E-state index in [4.69, 9.17) is 10.5 Å². The molecule has 0 aliphatic heterocycles. The van der Waals surface area contributed by atoms with Gasteiger partial charge in [0.25, 0.3) is 0 Å². The van der Waals surface area contributed by atoms with Gasteiger partial charge in [-0.15, -0.1) is 0 Å². The Morgan fingerprint density at radius 3 is 3.05 bits per heavy atom. The highest BCUT2D eigenvalue weighted by Crippen LogP contribution is 2.14. The lowest BCUT2D eigenvalue weighted by Crippen LogP contribution is -2.32. The Hall–Kier alpha value is -1.77. The maximum atomic E-state index is 10.0. The molecule has 1 atom stereocenters. The summed E-state index contributed by atoms with van der Waals surface area (Å²) in [6.45, 7) is 5.09. The average molecular weight is 294 g/mol. The molecule has 0 spiro atoms. The minimum atomic E-state index is -0.537. The predicted molar refractivity (Wildman–Crippen MR) is 79.7 cm³/mol. The number of nitrogens with zero attached hydrogens (tertiary/aromatic N) is 4. The first kappa shape index (κ1) is 15.6. The number of fused-ring (bicyclic) bond motifs is 1. The monoisotopic (exact) mass is 294 g/mol. The molecule has 0 aliphatic rings. The molecule has 0 amide bonds. The van der Waals surface area contributed by atoms with Crippen molar-refractivity contribution in [3.63, 3.8) is 0 Å². The molecule has 2 aromatic heterocycles. The number of nitrogens with one attached hydrogen (secondary N) is 1. The van der Waals surface area contributed by atoms with E-state index in [1.54, 1.807) is 10.9 Å². The number of imidazole rings is 1. The lowest BCUT2D eigenvalue weighted by atomic mass is 10.3.